The van der Waals surface area contributed by atoms with Gasteiger partial charge in [-0.15, -0.1) is 0 Å². The molecule has 0 spiro atoms. The molecule has 0 saturated carbocycles. The molecule has 144 valence electrons. The van der Waals surface area contributed by atoms with Gasteiger partial charge in [0.05, 0.1) is 5.56 Å². The molecule has 2 heterocycles. The Balaban J connectivity index is 1.59. The van der Waals surface area contributed by atoms with Gasteiger partial charge in [-0.3, -0.25) is 4.79 Å². The fourth-order valence-electron chi connectivity index (χ4n) is 3.58. The van der Waals surface area contributed by atoms with E-state index in [-0.39, 0.29) is 12.5 Å². The van der Waals surface area contributed by atoms with Crippen molar-refractivity contribution >= 4 is 11.6 Å². The number of aromatic nitrogens is 1. The first-order valence-electron chi connectivity index (χ1n) is 9.59. The SMILES string of the molecule is Cc1ccc(OCc2c(C(=O)N3CCCc4cc(C)ccc43)noc2C)cc1. The minimum absolute atomic E-state index is 0.135. The summed E-state index contributed by atoms with van der Waals surface area (Å²) in [6.45, 7) is 6.84. The number of fused-ring (bicyclic) bond motifs is 1. The van der Waals surface area contributed by atoms with Crippen molar-refractivity contribution in [1.29, 1.82) is 0 Å². The van der Waals surface area contributed by atoms with Gasteiger partial charge >= 0.3 is 0 Å². The highest BCUT2D eigenvalue weighted by atomic mass is 16.5. The molecule has 5 heteroatoms. The van der Waals surface area contributed by atoms with Crippen molar-refractivity contribution in [2.45, 2.75) is 40.2 Å². The Morgan fingerprint density at radius 1 is 1.11 bits per heavy atom. The van der Waals surface area contributed by atoms with Crippen LogP contribution in [0.15, 0.2) is 47.0 Å². The zero-order chi connectivity index (χ0) is 19.7. The van der Waals surface area contributed by atoms with Crippen LogP contribution in [0.3, 0.4) is 0 Å². The average Bonchev–Trinajstić information content (AvgIpc) is 3.06. The Bertz CT molecular complexity index is 1010. The zero-order valence-corrected chi connectivity index (χ0v) is 16.5. The van der Waals surface area contributed by atoms with E-state index >= 15 is 0 Å². The highest BCUT2D eigenvalue weighted by Crippen LogP contribution is 2.30. The lowest BCUT2D eigenvalue weighted by Gasteiger charge is -2.29. The van der Waals surface area contributed by atoms with E-state index in [1.54, 1.807) is 0 Å². The van der Waals surface area contributed by atoms with Gasteiger partial charge in [0, 0.05) is 12.2 Å². The first-order valence-corrected chi connectivity index (χ1v) is 9.59. The van der Waals surface area contributed by atoms with Crippen LogP contribution in [-0.4, -0.2) is 17.6 Å². The standard InChI is InChI=1S/C23H24N2O3/c1-15-6-9-19(10-7-15)27-14-20-17(3)28-24-22(20)23(26)25-12-4-5-18-13-16(2)8-11-21(18)25/h6-11,13H,4-5,12,14H2,1-3H3. The Labute approximate surface area is 164 Å². The average molecular weight is 376 g/mol. The number of hydrogen-bond donors (Lipinski definition) is 0. The Morgan fingerprint density at radius 3 is 2.64 bits per heavy atom. The zero-order valence-electron chi connectivity index (χ0n) is 16.5. The molecule has 0 saturated heterocycles. The van der Waals surface area contributed by atoms with Crippen LogP contribution in [0, 0.1) is 20.8 Å². The monoisotopic (exact) mass is 376 g/mol. The topological polar surface area (TPSA) is 55.6 Å². The van der Waals surface area contributed by atoms with Crippen molar-refractivity contribution in [3.63, 3.8) is 0 Å². The normalized spacial score (nSPS) is 13.3. The van der Waals surface area contributed by atoms with E-state index in [2.05, 4.69) is 18.1 Å². The van der Waals surface area contributed by atoms with E-state index in [9.17, 15) is 4.79 Å². The molecule has 1 aromatic heterocycles. The van der Waals surface area contributed by atoms with Gasteiger partial charge in [-0.1, -0.05) is 40.5 Å². The number of hydrogen-bond acceptors (Lipinski definition) is 4. The summed E-state index contributed by atoms with van der Waals surface area (Å²) in [7, 11) is 0. The lowest BCUT2D eigenvalue weighted by Crippen LogP contribution is -2.36. The van der Waals surface area contributed by atoms with Crippen molar-refractivity contribution in [3.8, 4) is 5.75 Å². The minimum atomic E-state index is -0.135. The van der Waals surface area contributed by atoms with E-state index in [0.717, 1.165) is 24.3 Å². The van der Waals surface area contributed by atoms with E-state index in [0.29, 0.717) is 23.6 Å². The summed E-state index contributed by atoms with van der Waals surface area (Å²) in [5, 5.41) is 4.06. The number of carbonyl (C=O) groups is 1. The molecule has 3 aromatic rings. The van der Waals surface area contributed by atoms with E-state index in [1.807, 2.05) is 55.1 Å². The summed E-state index contributed by atoms with van der Waals surface area (Å²) in [6, 6.07) is 14.1. The second-order valence-electron chi connectivity index (χ2n) is 7.36. The Kier molecular flexibility index (Phi) is 4.90. The van der Waals surface area contributed by atoms with E-state index in [1.165, 1.54) is 16.7 Å². The highest BCUT2D eigenvalue weighted by molar-refractivity contribution is 6.06. The quantitative estimate of drug-likeness (QED) is 0.658. The number of aryl methyl sites for hydroxylation is 4. The third kappa shape index (κ3) is 3.52. The number of benzene rings is 2. The number of rotatable bonds is 4. The van der Waals surface area contributed by atoms with Crippen LogP contribution in [0.4, 0.5) is 5.69 Å². The third-order valence-electron chi connectivity index (χ3n) is 5.19. The summed E-state index contributed by atoms with van der Waals surface area (Å²) in [4.78, 5) is 15.1. The molecule has 0 radical (unpaired) electrons. The van der Waals surface area contributed by atoms with Gasteiger partial charge in [-0.2, -0.15) is 0 Å². The Hall–Kier alpha value is -3.08. The van der Waals surface area contributed by atoms with Crippen LogP contribution >= 0.6 is 0 Å². The van der Waals surface area contributed by atoms with Crippen LogP contribution in [0.1, 0.15) is 44.9 Å². The van der Waals surface area contributed by atoms with Crippen LogP contribution in [0.2, 0.25) is 0 Å². The molecule has 0 aliphatic carbocycles. The van der Waals surface area contributed by atoms with Crippen LogP contribution in [0.5, 0.6) is 5.75 Å². The van der Waals surface area contributed by atoms with Crippen molar-refractivity contribution < 1.29 is 14.1 Å². The first-order chi connectivity index (χ1) is 13.5. The molecular weight excluding hydrogens is 352 g/mol. The number of amides is 1. The lowest BCUT2D eigenvalue weighted by molar-refractivity contribution is 0.0974. The maximum absolute atomic E-state index is 13.3. The molecule has 0 fully saturated rings. The molecule has 0 bridgehead atoms. The van der Waals surface area contributed by atoms with Crippen molar-refractivity contribution in [1.82, 2.24) is 5.16 Å². The van der Waals surface area contributed by atoms with Gasteiger partial charge in [0.1, 0.15) is 18.1 Å². The van der Waals surface area contributed by atoms with Gasteiger partial charge in [0.2, 0.25) is 0 Å². The number of carbonyl (C=O) groups excluding carboxylic acids is 1. The van der Waals surface area contributed by atoms with Crippen molar-refractivity contribution in [2.75, 3.05) is 11.4 Å². The van der Waals surface area contributed by atoms with Crippen LogP contribution in [-0.2, 0) is 13.0 Å². The largest absolute Gasteiger partial charge is 0.489 e. The van der Waals surface area contributed by atoms with Gasteiger partial charge in [0.15, 0.2) is 5.69 Å². The summed E-state index contributed by atoms with van der Waals surface area (Å²) < 4.78 is 11.2. The molecule has 1 aliphatic rings. The summed E-state index contributed by atoms with van der Waals surface area (Å²) in [5.41, 5.74) is 5.58. The highest BCUT2D eigenvalue weighted by Gasteiger charge is 2.29. The Morgan fingerprint density at radius 2 is 1.86 bits per heavy atom. The van der Waals surface area contributed by atoms with Gasteiger partial charge in [-0.25, -0.2) is 0 Å². The summed E-state index contributed by atoms with van der Waals surface area (Å²) in [6.07, 6.45) is 1.93. The number of ether oxygens (including phenoxy) is 1. The van der Waals surface area contributed by atoms with Crippen molar-refractivity contribution in [3.05, 3.63) is 76.2 Å². The molecular formula is C23H24N2O3. The van der Waals surface area contributed by atoms with Crippen LogP contribution < -0.4 is 9.64 Å². The van der Waals surface area contributed by atoms with Crippen molar-refractivity contribution in [2.24, 2.45) is 0 Å². The van der Waals surface area contributed by atoms with Crippen LogP contribution in [0.25, 0.3) is 0 Å². The molecule has 1 amide bonds. The number of nitrogens with zero attached hydrogens (tertiary/aromatic N) is 2. The third-order valence-corrected chi connectivity index (χ3v) is 5.19. The predicted molar refractivity (Wildman–Crippen MR) is 108 cm³/mol. The molecule has 0 atom stereocenters. The molecule has 0 N–H and O–H groups in total. The molecule has 5 nitrogen and oxygen atoms in total. The minimum Gasteiger partial charge on any atom is -0.489 e. The van der Waals surface area contributed by atoms with E-state index in [4.69, 9.17) is 9.26 Å². The molecule has 2 aromatic carbocycles. The summed E-state index contributed by atoms with van der Waals surface area (Å²) >= 11 is 0. The van der Waals surface area contributed by atoms with Gasteiger partial charge in [-0.05, 0) is 57.4 Å². The maximum atomic E-state index is 13.3. The lowest BCUT2D eigenvalue weighted by atomic mass is 9.99. The summed E-state index contributed by atoms with van der Waals surface area (Å²) in [5.74, 6) is 1.23. The molecule has 28 heavy (non-hydrogen) atoms. The molecule has 4 rings (SSSR count). The smallest absolute Gasteiger partial charge is 0.280 e. The fraction of sp³-hybridized carbons (Fsp3) is 0.304. The second kappa shape index (κ2) is 7.50. The maximum Gasteiger partial charge on any atom is 0.280 e. The first kappa shape index (κ1) is 18.3. The number of anilines is 1. The van der Waals surface area contributed by atoms with Gasteiger partial charge in [0.25, 0.3) is 5.91 Å². The molecule has 0 unspecified atom stereocenters. The second-order valence-corrected chi connectivity index (χ2v) is 7.36. The predicted octanol–water partition coefficient (Wildman–Crippen LogP) is 4.77. The fourth-order valence-corrected chi connectivity index (χ4v) is 3.58. The van der Waals surface area contributed by atoms with E-state index < -0.39 is 0 Å². The van der Waals surface area contributed by atoms with Gasteiger partial charge < -0.3 is 14.2 Å². The molecule has 1 aliphatic heterocycles.